The molecule has 1 rings (SSSR count). The molecule has 1 aromatic carbocycles. The number of hydrogen-bond acceptors (Lipinski definition) is 2. The van der Waals surface area contributed by atoms with E-state index in [0.29, 0.717) is 5.92 Å². The normalized spacial score (nSPS) is 13.9. The second kappa shape index (κ2) is 4.81. The Hall–Kier alpha value is -0.803. The Morgan fingerprint density at radius 1 is 1.20 bits per heavy atom. The van der Waals surface area contributed by atoms with Crippen LogP contribution >= 0.6 is 0 Å². The van der Waals surface area contributed by atoms with E-state index in [1.165, 1.54) is 5.56 Å². The Morgan fingerprint density at radius 3 is 2.13 bits per heavy atom. The van der Waals surface area contributed by atoms with Crippen molar-refractivity contribution >= 4 is 10.5 Å². The largest absolute Gasteiger partial charge is 0.497 e. The van der Waals surface area contributed by atoms with Gasteiger partial charge in [0.2, 0.25) is 0 Å². The van der Waals surface area contributed by atoms with E-state index in [-0.39, 0.29) is 5.60 Å². The quantitative estimate of drug-likeness (QED) is 0.727. The van der Waals surface area contributed by atoms with Gasteiger partial charge in [0, 0.05) is 5.92 Å². The number of benzene rings is 1. The minimum atomic E-state index is -0.0825. The Balaban J connectivity index is 2.87. The predicted molar refractivity (Wildman–Crippen MR) is 66.5 cm³/mol. The molecule has 2 nitrogen and oxygen atoms in total. The van der Waals surface area contributed by atoms with Crippen molar-refractivity contribution in [2.24, 2.45) is 0 Å². The molecule has 0 bridgehead atoms. The third kappa shape index (κ3) is 2.83. The highest BCUT2D eigenvalue weighted by atomic mass is 28.2. The molecule has 84 valence electrons. The van der Waals surface area contributed by atoms with Gasteiger partial charge in [0.1, 0.15) is 16.2 Å². The Morgan fingerprint density at radius 2 is 1.73 bits per heavy atom. The lowest BCUT2D eigenvalue weighted by Crippen LogP contribution is -2.30. The summed E-state index contributed by atoms with van der Waals surface area (Å²) in [7, 11) is 2.45. The van der Waals surface area contributed by atoms with Gasteiger partial charge < -0.3 is 9.16 Å². The highest BCUT2D eigenvalue weighted by Crippen LogP contribution is 2.30. The molecule has 0 radical (unpaired) electrons. The topological polar surface area (TPSA) is 18.5 Å². The van der Waals surface area contributed by atoms with Gasteiger partial charge in [-0.15, -0.1) is 0 Å². The third-order valence-corrected chi connectivity index (χ3v) is 4.24. The van der Waals surface area contributed by atoms with Gasteiger partial charge in [0.25, 0.3) is 0 Å². The van der Waals surface area contributed by atoms with Gasteiger partial charge in [-0.05, 0) is 31.5 Å². The van der Waals surface area contributed by atoms with Crippen LogP contribution in [0.4, 0.5) is 0 Å². The molecule has 0 aromatic heterocycles. The molecular weight excluding hydrogens is 204 g/mol. The smallest absolute Gasteiger partial charge is 0.146 e. The van der Waals surface area contributed by atoms with Crippen LogP contribution in [0.3, 0.4) is 0 Å². The van der Waals surface area contributed by atoms with Gasteiger partial charge >= 0.3 is 0 Å². The fourth-order valence-corrected chi connectivity index (χ4v) is 1.82. The molecular formula is C12H20O2Si. The summed E-state index contributed by atoms with van der Waals surface area (Å²) in [5, 5.41) is 0. The average Bonchev–Trinajstić information content (AvgIpc) is 2.28. The van der Waals surface area contributed by atoms with Crippen molar-refractivity contribution < 1.29 is 9.16 Å². The maximum absolute atomic E-state index is 5.62. The van der Waals surface area contributed by atoms with Crippen molar-refractivity contribution in [2.75, 3.05) is 7.11 Å². The van der Waals surface area contributed by atoms with Gasteiger partial charge in [0.05, 0.1) is 12.7 Å². The zero-order chi connectivity index (χ0) is 11.5. The predicted octanol–water partition coefficient (Wildman–Crippen LogP) is 1.87. The molecule has 0 heterocycles. The van der Waals surface area contributed by atoms with E-state index < -0.39 is 0 Å². The molecule has 0 aliphatic rings. The molecule has 3 heteroatoms. The second-order valence-corrected chi connectivity index (χ2v) is 4.71. The molecule has 0 N–H and O–H groups in total. The van der Waals surface area contributed by atoms with Gasteiger partial charge in [0.15, 0.2) is 0 Å². The van der Waals surface area contributed by atoms with Crippen LogP contribution in [0.2, 0.25) is 0 Å². The fourth-order valence-electron chi connectivity index (χ4n) is 1.47. The zero-order valence-electron chi connectivity index (χ0n) is 10.2. The van der Waals surface area contributed by atoms with Crippen LogP contribution < -0.4 is 4.74 Å². The lowest BCUT2D eigenvalue weighted by Gasteiger charge is -2.31. The van der Waals surface area contributed by atoms with E-state index in [9.17, 15) is 0 Å². The molecule has 1 atom stereocenters. The van der Waals surface area contributed by atoms with Gasteiger partial charge in [-0.25, -0.2) is 0 Å². The average molecular weight is 224 g/mol. The molecule has 0 saturated heterocycles. The first-order valence-electron chi connectivity index (χ1n) is 5.20. The van der Waals surface area contributed by atoms with Crippen molar-refractivity contribution in [1.82, 2.24) is 0 Å². The van der Waals surface area contributed by atoms with Crippen LogP contribution in [-0.4, -0.2) is 23.2 Å². The van der Waals surface area contributed by atoms with Crippen molar-refractivity contribution in [1.29, 1.82) is 0 Å². The Bertz CT molecular complexity index is 306. The van der Waals surface area contributed by atoms with E-state index in [0.717, 1.165) is 16.2 Å². The van der Waals surface area contributed by atoms with Crippen molar-refractivity contribution in [2.45, 2.75) is 32.3 Å². The highest BCUT2D eigenvalue weighted by Gasteiger charge is 2.25. The number of hydrogen-bond donors (Lipinski definition) is 0. The second-order valence-electron chi connectivity index (χ2n) is 4.30. The molecule has 0 saturated carbocycles. The number of ether oxygens (including phenoxy) is 1. The van der Waals surface area contributed by atoms with E-state index in [2.05, 4.69) is 32.9 Å². The number of methoxy groups -OCH3 is 1. The van der Waals surface area contributed by atoms with E-state index in [1.54, 1.807) is 7.11 Å². The maximum atomic E-state index is 5.62. The summed E-state index contributed by atoms with van der Waals surface area (Å²) in [5.41, 5.74) is 1.21. The zero-order valence-corrected chi connectivity index (χ0v) is 12.2. The minimum absolute atomic E-state index is 0.0825. The van der Waals surface area contributed by atoms with E-state index in [1.807, 2.05) is 12.1 Å². The Kier molecular flexibility index (Phi) is 3.94. The monoisotopic (exact) mass is 224 g/mol. The lowest BCUT2D eigenvalue weighted by atomic mass is 9.86. The molecule has 0 spiro atoms. The van der Waals surface area contributed by atoms with Crippen molar-refractivity contribution in [3.8, 4) is 5.75 Å². The summed E-state index contributed by atoms with van der Waals surface area (Å²) in [4.78, 5) is 0. The van der Waals surface area contributed by atoms with Crippen molar-refractivity contribution in [3.05, 3.63) is 29.8 Å². The first kappa shape index (κ1) is 12.3. The fraction of sp³-hybridized carbons (Fsp3) is 0.500. The highest BCUT2D eigenvalue weighted by molar-refractivity contribution is 5.98. The summed E-state index contributed by atoms with van der Waals surface area (Å²) in [5.74, 6) is 1.29. The molecule has 1 unspecified atom stereocenters. The number of rotatable bonds is 4. The van der Waals surface area contributed by atoms with Gasteiger partial charge in [-0.1, -0.05) is 19.1 Å². The lowest BCUT2D eigenvalue weighted by molar-refractivity contribution is 0.0961. The summed E-state index contributed by atoms with van der Waals surface area (Å²) in [6, 6.07) is 8.20. The summed E-state index contributed by atoms with van der Waals surface area (Å²) in [6.07, 6.45) is 0. The Labute approximate surface area is 95.1 Å². The molecule has 0 amide bonds. The molecule has 15 heavy (non-hydrogen) atoms. The molecule has 0 aliphatic heterocycles. The van der Waals surface area contributed by atoms with Crippen LogP contribution in [0.1, 0.15) is 32.3 Å². The summed E-state index contributed by atoms with van der Waals surface area (Å²) in [6.45, 7) is 6.46. The first-order valence-corrected chi connectivity index (χ1v) is 6.02. The minimum Gasteiger partial charge on any atom is -0.497 e. The summed E-state index contributed by atoms with van der Waals surface area (Å²) < 4.78 is 10.8. The SMILES string of the molecule is COc1ccc(C(C)C(C)(C)O[SiH3])cc1. The van der Waals surface area contributed by atoms with E-state index in [4.69, 9.17) is 9.16 Å². The van der Waals surface area contributed by atoms with Crippen LogP contribution in [-0.2, 0) is 4.43 Å². The summed E-state index contributed by atoms with van der Waals surface area (Å²) >= 11 is 0. The molecule has 0 fully saturated rings. The first-order chi connectivity index (χ1) is 7.01. The van der Waals surface area contributed by atoms with Crippen molar-refractivity contribution in [3.63, 3.8) is 0 Å². The van der Waals surface area contributed by atoms with Crippen LogP contribution in [0.5, 0.6) is 5.75 Å². The van der Waals surface area contributed by atoms with Crippen LogP contribution in [0, 0.1) is 0 Å². The van der Waals surface area contributed by atoms with Gasteiger partial charge in [-0.3, -0.25) is 0 Å². The van der Waals surface area contributed by atoms with Crippen LogP contribution in [0.25, 0.3) is 0 Å². The maximum Gasteiger partial charge on any atom is 0.146 e. The molecule has 1 aromatic rings. The van der Waals surface area contributed by atoms with Gasteiger partial charge in [-0.2, -0.15) is 0 Å². The standard InChI is InChI=1S/C12H20O2Si/c1-9(12(2,3)14-15)10-5-7-11(13-4)8-6-10/h5-9H,1-4,15H3. The third-order valence-electron chi connectivity index (χ3n) is 3.18. The van der Waals surface area contributed by atoms with E-state index >= 15 is 0 Å². The van der Waals surface area contributed by atoms with Crippen LogP contribution in [0.15, 0.2) is 24.3 Å². The molecule has 0 aliphatic carbocycles.